The first-order valence-corrected chi connectivity index (χ1v) is 11.9. The van der Waals surface area contributed by atoms with Crippen LogP contribution < -0.4 is 0 Å². The van der Waals surface area contributed by atoms with Crippen molar-refractivity contribution in [2.75, 3.05) is 26.2 Å². The molecule has 7 nitrogen and oxygen atoms in total. The van der Waals surface area contributed by atoms with Crippen molar-refractivity contribution < 1.29 is 37.8 Å². The van der Waals surface area contributed by atoms with E-state index in [0.29, 0.717) is 31.2 Å². The van der Waals surface area contributed by atoms with Crippen LogP contribution in [0.5, 0.6) is 0 Å². The van der Waals surface area contributed by atoms with Gasteiger partial charge in [0.2, 0.25) is 0 Å². The van der Waals surface area contributed by atoms with Crippen LogP contribution >= 0.6 is 0 Å². The van der Waals surface area contributed by atoms with Gasteiger partial charge in [-0.2, -0.15) is 13.2 Å². The molecule has 37 heavy (non-hydrogen) atoms. The molecule has 2 aromatic rings. The van der Waals surface area contributed by atoms with Crippen LogP contribution in [0.3, 0.4) is 0 Å². The van der Waals surface area contributed by atoms with Crippen LogP contribution in [-0.2, 0) is 28.7 Å². The van der Waals surface area contributed by atoms with Gasteiger partial charge in [0.15, 0.2) is 0 Å². The monoisotopic (exact) mass is 518 g/mol. The van der Waals surface area contributed by atoms with Crippen LogP contribution in [0.1, 0.15) is 39.9 Å². The molecule has 0 saturated carbocycles. The fraction of sp³-hybridized carbons (Fsp3) is 0.370. The molecule has 0 spiro atoms. The van der Waals surface area contributed by atoms with E-state index in [0.717, 1.165) is 51.0 Å². The molecule has 2 N–H and O–H groups in total. The van der Waals surface area contributed by atoms with E-state index in [2.05, 4.69) is 29.2 Å². The SMILES string of the molecule is O=C(O)/C=C/C(=O)O.O=C(c1cccc(C(F)(F)F)c1)N1CCC(CN2CCc3ccccc3C2)CC1. The van der Waals surface area contributed by atoms with Crippen LogP contribution in [0.15, 0.2) is 60.7 Å². The zero-order valence-corrected chi connectivity index (χ0v) is 20.2. The number of fused-ring (bicyclic) bond motifs is 1. The van der Waals surface area contributed by atoms with Crippen molar-refractivity contribution in [3.8, 4) is 0 Å². The fourth-order valence-electron chi connectivity index (χ4n) is 4.55. The molecule has 1 fully saturated rings. The third-order valence-corrected chi connectivity index (χ3v) is 6.43. The lowest BCUT2D eigenvalue weighted by Gasteiger charge is -2.36. The fourth-order valence-corrected chi connectivity index (χ4v) is 4.55. The van der Waals surface area contributed by atoms with Gasteiger partial charge in [-0.3, -0.25) is 9.69 Å². The largest absolute Gasteiger partial charge is 0.478 e. The predicted molar refractivity (Wildman–Crippen MR) is 130 cm³/mol. The number of benzene rings is 2. The molecule has 4 rings (SSSR count). The third kappa shape index (κ3) is 8.45. The number of hydrogen-bond donors (Lipinski definition) is 2. The number of carboxylic acids is 2. The summed E-state index contributed by atoms with van der Waals surface area (Å²) >= 11 is 0. The van der Waals surface area contributed by atoms with Crippen LogP contribution in [0.2, 0.25) is 0 Å². The molecule has 2 aliphatic heterocycles. The third-order valence-electron chi connectivity index (χ3n) is 6.43. The summed E-state index contributed by atoms with van der Waals surface area (Å²) in [6, 6.07) is 13.3. The number of rotatable bonds is 5. The number of carbonyl (C=O) groups excluding carboxylic acids is 1. The van der Waals surface area contributed by atoms with E-state index < -0.39 is 23.7 Å². The highest BCUT2D eigenvalue weighted by molar-refractivity contribution is 5.94. The minimum absolute atomic E-state index is 0.117. The summed E-state index contributed by atoms with van der Waals surface area (Å²) in [6.07, 6.45) is -0.463. The minimum Gasteiger partial charge on any atom is -0.478 e. The lowest BCUT2D eigenvalue weighted by atomic mass is 9.93. The Kier molecular flexibility index (Phi) is 9.46. The highest BCUT2D eigenvalue weighted by atomic mass is 19.4. The first-order chi connectivity index (χ1) is 17.5. The Morgan fingerprint density at radius 2 is 1.51 bits per heavy atom. The molecule has 2 aromatic carbocycles. The van der Waals surface area contributed by atoms with Crippen molar-refractivity contribution in [2.45, 2.75) is 32.0 Å². The molecule has 0 bridgehead atoms. The van der Waals surface area contributed by atoms with E-state index in [1.807, 2.05) is 0 Å². The second-order valence-electron chi connectivity index (χ2n) is 9.08. The maximum absolute atomic E-state index is 12.9. The Bertz CT molecular complexity index is 1120. The number of carbonyl (C=O) groups is 3. The summed E-state index contributed by atoms with van der Waals surface area (Å²) < 4.78 is 38.7. The molecule has 198 valence electrons. The molecular formula is C27H29F3N2O5. The number of nitrogens with zero attached hydrogens (tertiary/aromatic N) is 2. The number of alkyl halides is 3. The van der Waals surface area contributed by atoms with Crippen LogP contribution in [0, 0.1) is 5.92 Å². The average Bonchev–Trinajstić information content (AvgIpc) is 2.87. The number of piperidine rings is 1. The molecule has 1 amide bonds. The summed E-state index contributed by atoms with van der Waals surface area (Å²) in [5, 5.41) is 15.6. The quantitative estimate of drug-likeness (QED) is 0.572. The topological polar surface area (TPSA) is 98.1 Å². The highest BCUT2D eigenvalue weighted by Crippen LogP contribution is 2.30. The number of likely N-dealkylation sites (tertiary alicyclic amines) is 1. The number of hydrogen-bond acceptors (Lipinski definition) is 4. The zero-order chi connectivity index (χ0) is 27.0. The summed E-state index contributed by atoms with van der Waals surface area (Å²) in [5.41, 5.74) is 2.18. The smallest absolute Gasteiger partial charge is 0.416 e. The van der Waals surface area contributed by atoms with Crippen molar-refractivity contribution in [3.63, 3.8) is 0 Å². The maximum atomic E-state index is 12.9. The number of carboxylic acid groups (broad SMARTS) is 2. The van der Waals surface area contributed by atoms with E-state index in [1.54, 1.807) is 4.90 Å². The van der Waals surface area contributed by atoms with Crippen molar-refractivity contribution >= 4 is 17.8 Å². The zero-order valence-electron chi connectivity index (χ0n) is 20.2. The van der Waals surface area contributed by atoms with Crippen LogP contribution in [-0.4, -0.2) is 64.0 Å². The second kappa shape index (κ2) is 12.5. The molecule has 0 atom stereocenters. The molecule has 10 heteroatoms. The average molecular weight is 519 g/mol. The van der Waals surface area contributed by atoms with Crippen LogP contribution in [0.4, 0.5) is 13.2 Å². The van der Waals surface area contributed by atoms with Gasteiger partial charge in [0.1, 0.15) is 0 Å². The van der Waals surface area contributed by atoms with E-state index in [9.17, 15) is 27.6 Å². The molecular weight excluding hydrogens is 489 g/mol. The van der Waals surface area contributed by atoms with Crippen molar-refractivity contribution in [1.82, 2.24) is 9.80 Å². The first kappa shape index (κ1) is 27.9. The van der Waals surface area contributed by atoms with Crippen LogP contribution in [0.25, 0.3) is 0 Å². The molecule has 1 saturated heterocycles. The molecule has 0 unspecified atom stereocenters. The Hall–Kier alpha value is -3.66. The summed E-state index contributed by atoms with van der Waals surface area (Å²) in [4.78, 5) is 35.9. The van der Waals surface area contributed by atoms with Gasteiger partial charge in [-0.05, 0) is 54.5 Å². The molecule has 2 heterocycles. The van der Waals surface area contributed by atoms with Gasteiger partial charge in [-0.25, -0.2) is 9.59 Å². The summed E-state index contributed by atoms with van der Waals surface area (Å²) in [5.74, 6) is -2.30. The van der Waals surface area contributed by atoms with Crippen molar-refractivity contribution in [3.05, 3.63) is 82.9 Å². The lowest BCUT2D eigenvalue weighted by Crippen LogP contribution is -2.42. The maximum Gasteiger partial charge on any atom is 0.416 e. The summed E-state index contributed by atoms with van der Waals surface area (Å²) in [7, 11) is 0. The second-order valence-corrected chi connectivity index (χ2v) is 9.08. The van der Waals surface area contributed by atoms with E-state index in [1.165, 1.54) is 23.3 Å². The molecule has 0 aromatic heterocycles. The van der Waals surface area contributed by atoms with Gasteiger partial charge in [-0.15, -0.1) is 0 Å². The molecule has 0 aliphatic carbocycles. The van der Waals surface area contributed by atoms with Gasteiger partial charge in [-0.1, -0.05) is 30.3 Å². The van der Waals surface area contributed by atoms with Gasteiger partial charge < -0.3 is 15.1 Å². The number of amides is 1. The Balaban J connectivity index is 0.000000414. The van der Waals surface area contributed by atoms with Crippen molar-refractivity contribution in [1.29, 1.82) is 0 Å². The molecule has 0 radical (unpaired) electrons. The Morgan fingerprint density at radius 3 is 2.11 bits per heavy atom. The van der Waals surface area contributed by atoms with E-state index >= 15 is 0 Å². The highest BCUT2D eigenvalue weighted by Gasteiger charge is 2.32. The van der Waals surface area contributed by atoms with Gasteiger partial charge >= 0.3 is 18.1 Å². The predicted octanol–water partition coefficient (Wildman–Crippen LogP) is 4.33. The molecule has 2 aliphatic rings. The lowest BCUT2D eigenvalue weighted by molar-refractivity contribution is -0.137. The van der Waals surface area contributed by atoms with E-state index in [4.69, 9.17) is 10.2 Å². The normalized spacial score (nSPS) is 16.6. The summed E-state index contributed by atoms with van der Waals surface area (Å²) in [6.45, 7) is 4.24. The number of aliphatic carboxylic acids is 2. The standard InChI is InChI=1S/C23H25F3N2O.C4H4O4/c24-23(25,26)21-7-3-6-19(14-21)22(29)28-12-8-17(9-13-28)15-27-11-10-18-4-1-2-5-20(18)16-27;5-3(6)1-2-4(7)8/h1-7,14,17H,8-13,15-16H2;1-2H,(H,5,6)(H,7,8)/b;2-1+. The minimum atomic E-state index is -4.43. The Labute approximate surface area is 212 Å². The Morgan fingerprint density at radius 1 is 0.892 bits per heavy atom. The number of halogens is 3. The van der Waals surface area contributed by atoms with Gasteiger partial charge in [0, 0.05) is 50.4 Å². The van der Waals surface area contributed by atoms with E-state index in [-0.39, 0.29) is 11.5 Å². The van der Waals surface area contributed by atoms with Gasteiger partial charge in [0.05, 0.1) is 5.56 Å². The van der Waals surface area contributed by atoms with Gasteiger partial charge in [0.25, 0.3) is 5.91 Å². The van der Waals surface area contributed by atoms with Crippen molar-refractivity contribution in [2.24, 2.45) is 5.92 Å². The first-order valence-electron chi connectivity index (χ1n) is 11.9.